The third kappa shape index (κ3) is 4.69. The fourth-order valence-corrected chi connectivity index (χ4v) is 3.39. The van der Waals surface area contributed by atoms with Crippen LogP contribution in [0.5, 0.6) is 0 Å². The maximum atomic E-state index is 12.6. The number of nitrogens with zero attached hydrogens (tertiary/aromatic N) is 2. The number of nitrogens with one attached hydrogen (secondary N) is 2. The second-order valence-corrected chi connectivity index (χ2v) is 8.30. The Morgan fingerprint density at radius 1 is 1.25 bits per heavy atom. The first-order chi connectivity index (χ1) is 13.3. The molecule has 1 heterocycles. The molecular weight excluding hydrogens is 392 g/mol. The molecule has 1 aromatic heterocycles. The maximum Gasteiger partial charge on any atom is 0.240 e. The van der Waals surface area contributed by atoms with Gasteiger partial charge in [-0.05, 0) is 42.9 Å². The van der Waals surface area contributed by atoms with Crippen molar-refractivity contribution in [2.45, 2.75) is 32.7 Å². The molecule has 7 heteroatoms. The Labute approximate surface area is 174 Å². The van der Waals surface area contributed by atoms with Crippen molar-refractivity contribution in [2.75, 3.05) is 6.54 Å². The average Bonchev–Trinajstić information content (AvgIpc) is 3.01. The molecule has 0 saturated heterocycles. The van der Waals surface area contributed by atoms with Gasteiger partial charge in [-0.2, -0.15) is 5.10 Å². The van der Waals surface area contributed by atoms with Crippen LogP contribution in [-0.4, -0.2) is 27.2 Å². The van der Waals surface area contributed by atoms with Crippen LogP contribution in [0, 0.1) is 11.7 Å². The van der Waals surface area contributed by atoms with Crippen LogP contribution in [-0.2, 0) is 16.8 Å². The van der Waals surface area contributed by atoms with Crippen LogP contribution >= 0.6 is 23.8 Å². The molecule has 3 rings (SSSR count). The van der Waals surface area contributed by atoms with E-state index in [-0.39, 0.29) is 17.9 Å². The van der Waals surface area contributed by atoms with Crippen molar-refractivity contribution >= 4 is 29.7 Å². The lowest BCUT2D eigenvalue weighted by Gasteiger charge is -2.26. The average molecular weight is 415 g/mol. The third-order valence-corrected chi connectivity index (χ3v) is 5.22. The van der Waals surface area contributed by atoms with Gasteiger partial charge in [-0.3, -0.25) is 14.5 Å². The van der Waals surface area contributed by atoms with Crippen LogP contribution in [0.25, 0.3) is 11.4 Å². The highest BCUT2D eigenvalue weighted by molar-refractivity contribution is 7.71. The van der Waals surface area contributed by atoms with Crippen LogP contribution in [0.3, 0.4) is 0 Å². The zero-order valence-corrected chi connectivity index (χ0v) is 17.7. The molecule has 0 aliphatic rings. The molecule has 5 nitrogen and oxygen atoms in total. The molecule has 0 aliphatic heterocycles. The van der Waals surface area contributed by atoms with Crippen molar-refractivity contribution < 1.29 is 4.79 Å². The van der Waals surface area contributed by atoms with Gasteiger partial charge in [0, 0.05) is 22.5 Å². The molecule has 3 aromatic rings. The Hall–Kier alpha value is -2.44. The maximum absolute atomic E-state index is 12.6. The van der Waals surface area contributed by atoms with Crippen LogP contribution < -0.4 is 5.32 Å². The van der Waals surface area contributed by atoms with E-state index in [9.17, 15) is 4.79 Å². The number of carbonyl (C=O) groups is 1. The third-order valence-electron chi connectivity index (χ3n) is 4.67. The number of hydrogen-bond donors (Lipinski definition) is 2. The molecule has 1 amide bonds. The molecule has 146 valence electrons. The van der Waals surface area contributed by atoms with E-state index in [4.69, 9.17) is 23.8 Å². The summed E-state index contributed by atoms with van der Waals surface area (Å²) in [5.74, 6) is 0.527. The van der Waals surface area contributed by atoms with Gasteiger partial charge in [-0.25, -0.2) is 0 Å². The van der Waals surface area contributed by atoms with Gasteiger partial charge in [0.05, 0.1) is 0 Å². The fraction of sp³-hybridized carbons (Fsp3) is 0.286. The molecule has 2 aromatic carbocycles. The van der Waals surface area contributed by atoms with Gasteiger partial charge >= 0.3 is 0 Å². The number of halogens is 1. The van der Waals surface area contributed by atoms with Crippen LogP contribution in [0.4, 0.5) is 0 Å². The molecule has 0 saturated carbocycles. The summed E-state index contributed by atoms with van der Waals surface area (Å²) < 4.78 is 2.13. The zero-order valence-electron chi connectivity index (χ0n) is 16.1. The molecule has 0 unspecified atom stereocenters. The van der Waals surface area contributed by atoms with E-state index in [1.54, 1.807) is 4.57 Å². The number of carbonyl (C=O) groups excluding carboxylic acids is 1. The molecule has 0 atom stereocenters. The summed E-state index contributed by atoms with van der Waals surface area (Å²) in [4.78, 5) is 12.6. The Kier molecular flexibility index (Phi) is 6.01. The number of hydrogen-bond acceptors (Lipinski definition) is 3. The number of aromatic nitrogens is 3. The molecule has 28 heavy (non-hydrogen) atoms. The summed E-state index contributed by atoms with van der Waals surface area (Å²) in [7, 11) is 0. The Morgan fingerprint density at radius 3 is 2.71 bits per heavy atom. The Balaban J connectivity index is 1.72. The second-order valence-electron chi connectivity index (χ2n) is 7.48. The van der Waals surface area contributed by atoms with Crippen molar-refractivity contribution in [2.24, 2.45) is 0 Å². The second kappa shape index (κ2) is 8.29. The van der Waals surface area contributed by atoms with E-state index in [0.29, 0.717) is 22.2 Å². The lowest BCUT2D eigenvalue weighted by Crippen LogP contribution is -2.38. The monoisotopic (exact) mass is 414 g/mol. The van der Waals surface area contributed by atoms with Crippen LogP contribution in [0.15, 0.2) is 48.5 Å². The Bertz CT molecular complexity index is 1050. The van der Waals surface area contributed by atoms with Crippen LogP contribution in [0.2, 0.25) is 5.02 Å². The quantitative estimate of drug-likeness (QED) is 0.576. The summed E-state index contributed by atoms with van der Waals surface area (Å²) in [5, 5.41) is 10.8. The molecule has 0 spiro atoms. The predicted molar refractivity (Wildman–Crippen MR) is 115 cm³/mol. The Morgan fingerprint density at radius 2 is 2.00 bits per heavy atom. The first kappa shape index (κ1) is 20.3. The van der Waals surface area contributed by atoms with E-state index in [0.717, 1.165) is 16.7 Å². The highest BCUT2D eigenvalue weighted by atomic mass is 35.5. The minimum atomic E-state index is -0.252. The van der Waals surface area contributed by atoms with Gasteiger partial charge < -0.3 is 5.32 Å². The zero-order chi connectivity index (χ0) is 20.3. The largest absolute Gasteiger partial charge is 0.354 e. The predicted octanol–water partition coefficient (Wildman–Crippen LogP) is 4.66. The molecule has 0 fully saturated rings. The van der Waals surface area contributed by atoms with Gasteiger partial charge in [-0.15, -0.1) is 0 Å². The number of amides is 1. The summed E-state index contributed by atoms with van der Waals surface area (Å²) in [6.07, 6.45) is 0. The van der Waals surface area contributed by atoms with Crippen molar-refractivity contribution in [3.05, 3.63) is 69.5 Å². The summed E-state index contributed by atoms with van der Waals surface area (Å²) >= 11 is 11.4. The van der Waals surface area contributed by atoms with Gasteiger partial charge in [0.15, 0.2) is 10.6 Å². The normalized spacial score (nSPS) is 11.4. The van der Waals surface area contributed by atoms with E-state index >= 15 is 0 Å². The fourth-order valence-electron chi connectivity index (χ4n) is 3.00. The van der Waals surface area contributed by atoms with Crippen molar-refractivity contribution in [1.29, 1.82) is 0 Å². The molecule has 0 radical (unpaired) electrons. The van der Waals surface area contributed by atoms with Gasteiger partial charge in [0.25, 0.3) is 0 Å². The lowest BCUT2D eigenvalue weighted by atomic mass is 9.84. The minimum absolute atomic E-state index is 0.101. The smallest absolute Gasteiger partial charge is 0.240 e. The van der Waals surface area contributed by atoms with Gasteiger partial charge in [0.1, 0.15) is 6.54 Å². The number of rotatable bonds is 6. The van der Waals surface area contributed by atoms with E-state index < -0.39 is 0 Å². The first-order valence-electron chi connectivity index (χ1n) is 9.01. The van der Waals surface area contributed by atoms with Crippen molar-refractivity contribution in [1.82, 2.24) is 20.1 Å². The summed E-state index contributed by atoms with van der Waals surface area (Å²) in [5.41, 5.74) is 2.85. The SMILES string of the molecule is Cc1cccc(-c2n[nH]c(=S)n2CC(=O)NCC(C)(C)c2cccc(Cl)c2)c1. The number of benzene rings is 2. The number of aromatic amines is 1. The van der Waals surface area contributed by atoms with Crippen molar-refractivity contribution in [3.8, 4) is 11.4 Å². The minimum Gasteiger partial charge on any atom is -0.354 e. The van der Waals surface area contributed by atoms with Crippen LogP contribution in [0.1, 0.15) is 25.0 Å². The number of aryl methyl sites for hydroxylation is 1. The summed E-state index contributed by atoms with van der Waals surface area (Å²) in [6.45, 7) is 6.74. The first-order valence-corrected chi connectivity index (χ1v) is 9.80. The standard InChI is InChI=1S/C21H23ClN4OS/c1-14-6-4-7-15(10-14)19-24-25-20(28)26(19)12-18(27)23-13-21(2,3)16-8-5-9-17(22)11-16/h4-11H,12-13H2,1-3H3,(H,23,27)(H,25,28). The topological polar surface area (TPSA) is 62.7 Å². The van der Waals surface area contributed by atoms with E-state index in [1.807, 2.05) is 55.5 Å². The number of H-pyrrole nitrogens is 1. The highest BCUT2D eigenvalue weighted by Crippen LogP contribution is 2.25. The van der Waals surface area contributed by atoms with E-state index in [1.165, 1.54) is 0 Å². The highest BCUT2D eigenvalue weighted by Gasteiger charge is 2.22. The summed E-state index contributed by atoms with van der Waals surface area (Å²) in [6, 6.07) is 15.6. The van der Waals surface area contributed by atoms with E-state index in [2.05, 4.69) is 29.4 Å². The molecule has 0 bridgehead atoms. The molecule has 2 N–H and O–H groups in total. The lowest BCUT2D eigenvalue weighted by molar-refractivity contribution is -0.121. The molecular formula is C21H23ClN4OS. The van der Waals surface area contributed by atoms with Gasteiger partial charge in [-0.1, -0.05) is 61.3 Å². The van der Waals surface area contributed by atoms with Gasteiger partial charge in [0.2, 0.25) is 5.91 Å². The molecule has 0 aliphatic carbocycles. The van der Waals surface area contributed by atoms with Crippen molar-refractivity contribution in [3.63, 3.8) is 0 Å².